The standard InChI is InChI=1S/C11H11FN4O2S/c12-8-3-1-7(2-4-8)9(17)5-13-11(18)15-10-6-14-16-19-10/h1-4,6,9,17H,5H2,(H2,13,15,18). The zero-order valence-electron chi connectivity index (χ0n) is 9.71. The molecule has 0 aliphatic heterocycles. The fourth-order valence-corrected chi connectivity index (χ4v) is 1.79. The van der Waals surface area contributed by atoms with E-state index in [4.69, 9.17) is 0 Å². The molecule has 0 bridgehead atoms. The highest BCUT2D eigenvalue weighted by atomic mass is 32.1. The summed E-state index contributed by atoms with van der Waals surface area (Å²) in [4.78, 5) is 11.5. The normalized spacial score (nSPS) is 11.9. The molecule has 6 nitrogen and oxygen atoms in total. The van der Waals surface area contributed by atoms with Crippen LogP contribution in [0.25, 0.3) is 0 Å². The van der Waals surface area contributed by atoms with Gasteiger partial charge >= 0.3 is 6.03 Å². The molecule has 0 fully saturated rings. The summed E-state index contributed by atoms with van der Waals surface area (Å²) in [6, 6.07) is 4.97. The van der Waals surface area contributed by atoms with Crippen molar-refractivity contribution in [2.24, 2.45) is 0 Å². The Kier molecular flexibility index (Phi) is 4.37. The van der Waals surface area contributed by atoms with Gasteiger partial charge in [-0.25, -0.2) is 9.18 Å². The van der Waals surface area contributed by atoms with E-state index in [9.17, 15) is 14.3 Å². The van der Waals surface area contributed by atoms with Crippen molar-refractivity contribution in [2.45, 2.75) is 6.10 Å². The number of hydrogen-bond acceptors (Lipinski definition) is 5. The third-order valence-corrected chi connectivity index (χ3v) is 2.89. The quantitative estimate of drug-likeness (QED) is 0.793. The Morgan fingerprint density at radius 1 is 1.42 bits per heavy atom. The summed E-state index contributed by atoms with van der Waals surface area (Å²) in [7, 11) is 0. The van der Waals surface area contributed by atoms with Crippen LogP contribution in [-0.4, -0.2) is 27.3 Å². The molecule has 0 aliphatic carbocycles. The fraction of sp³-hybridized carbons (Fsp3) is 0.182. The van der Waals surface area contributed by atoms with Gasteiger partial charge in [0.2, 0.25) is 0 Å². The predicted molar refractivity (Wildman–Crippen MR) is 68.3 cm³/mol. The minimum atomic E-state index is -0.897. The lowest BCUT2D eigenvalue weighted by atomic mass is 10.1. The number of carbonyl (C=O) groups excluding carboxylic acids is 1. The Hall–Kier alpha value is -2.06. The zero-order valence-corrected chi connectivity index (χ0v) is 10.5. The van der Waals surface area contributed by atoms with Gasteiger partial charge in [-0.1, -0.05) is 16.6 Å². The molecule has 1 aromatic carbocycles. The molecule has 2 aromatic rings. The molecule has 19 heavy (non-hydrogen) atoms. The number of hydrogen-bond donors (Lipinski definition) is 3. The number of nitrogens with zero attached hydrogens (tertiary/aromatic N) is 2. The topological polar surface area (TPSA) is 87.1 Å². The number of anilines is 1. The van der Waals surface area contributed by atoms with Crippen LogP contribution < -0.4 is 10.6 Å². The number of carbonyl (C=O) groups is 1. The first-order chi connectivity index (χ1) is 9.15. The number of nitrogens with one attached hydrogen (secondary N) is 2. The van der Waals surface area contributed by atoms with E-state index >= 15 is 0 Å². The van der Waals surface area contributed by atoms with Crippen LogP contribution >= 0.6 is 11.5 Å². The fourth-order valence-electron chi connectivity index (χ4n) is 1.37. The highest BCUT2D eigenvalue weighted by Gasteiger charge is 2.10. The van der Waals surface area contributed by atoms with Crippen molar-refractivity contribution in [1.29, 1.82) is 0 Å². The zero-order chi connectivity index (χ0) is 13.7. The summed E-state index contributed by atoms with van der Waals surface area (Å²) in [6.45, 7) is 0.0176. The van der Waals surface area contributed by atoms with Gasteiger partial charge in [0.05, 0.1) is 12.3 Å². The molecule has 0 saturated carbocycles. The molecule has 1 unspecified atom stereocenters. The number of aliphatic hydroxyl groups is 1. The molecular weight excluding hydrogens is 271 g/mol. The van der Waals surface area contributed by atoms with E-state index in [0.717, 1.165) is 11.5 Å². The number of amides is 2. The summed E-state index contributed by atoms with van der Waals surface area (Å²) >= 11 is 1.05. The second-order valence-corrected chi connectivity index (χ2v) is 4.47. The Morgan fingerprint density at radius 2 is 2.16 bits per heavy atom. The van der Waals surface area contributed by atoms with E-state index in [1.165, 1.54) is 30.5 Å². The smallest absolute Gasteiger partial charge is 0.320 e. The Balaban J connectivity index is 1.81. The summed E-state index contributed by atoms with van der Waals surface area (Å²) < 4.78 is 16.3. The van der Waals surface area contributed by atoms with E-state index in [-0.39, 0.29) is 12.4 Å². The van der Waals surface area contributed by atoms with Crippen LogP contribution in [0.5, 0.6) is 0 Å². The third-order valence-electron chi connectivity index (χ3n) is 2.31. The minimum Gasteiger partial charge on any atom is -0.387 e. The molecule has 0 radical (unpaired) electrons. The molecule has 0 saturated heterocycles. The lowest BCUT2D eigenvalue weighted by Crippen LogP contribution is -2.32. The summed E-state index contributed by atoms with van der Waals surface area (Å²) in [6.07, 6.45) is 0.520. The maximum atomic E-state index is 12.7. The Bertz CT molecular complexity index is 532. The summed E-state index contributed by atoms with van der Waals surface area (Å²) in [5, 5.41) is 18.9. The SMILES string of the molecule is O=C(NCC(O)c1ccc(F)cc1)Nc1cnns1. The number of urea groups is 1. The van der Waals surface area contributed by atoms with Crippen LogP contribution in [0.2, 0.25) is 0 Å². The second-order valence-electron chi connectivity index (χ2n) is 3.68. The van der Waals surface area contributed by atoms with Gasteiger partial charge in [-0.05, 0) is 17.7 Å². The van der Waals surface area contributed by atoms with Gasteiger partial charge in [0.1, 0.15) is 10.8 Å². The van der Waals surface area contributed by atoms with Gasteiger partial charge in [0, 0.05) is 18.1 Å². The van der Waals surface area contributed by atoms with Crippen molar-refractivity contribution in [3.8, 4) is 0 Å². The van der Waals surface area contributed by atoms with Crippen molar-refractivity contribution in [3.63, 3.8) is 0 Å². The minimum absolute atomic E-state index is 0.0176. The largest absolute Gasteiger partial charge is 0.387 e. The van der Waals surface area contributed by atoms with Crippen molar-refractivity contribution >= 4 is 22.6 Å². The average molecular weight is 282 g/mol. The van der Waals surface area contributed by atoms with Crippen LogP contribution in [0.4, 0.5) is 14.2 Å². The maximum absolute atomic E-state index is 12.7. The first-order valence-corrected chi connectivity index (χ1v) is 6.18. The highest BCUT2D eigenvalue weighted by molar-refractivity contribution is 7.10. The number of aromatic nitrogens is 2. The van der Waals surface area contributed by atoms with Gasteiger partial charge in [0.15, 0.2) is 0 Å². The highest BCUT2D eigenvalue weighted by Crippen LogP contribution is 2.13. The molecule has 1 atom stereocenters. The molecule has 100 valence electrons. The first kappa shape index (κ1) is 13.4. The third kappa shape index (κ3) is 3.97. The van der Waals surface area contributed by atoms with E-state index in [1.54, 1.807) is 0 Å². The average Bonchev–Trinajstić information content (AvgIpc) is 2.89. The van der Waals surface area contributed by atoms with Crippen LogP contribution in [0.3, 0.4) is 0 Å². The number of halogens is 1. The second kappa shape index (κ2) is 6.21. The van der Waals surface area contributed by atoms with Crippen LogP contribution in [0, 0.1) is 5.82 Å². The molecule has 2 rings (SSSR count). The molecule has 1 heterocycles. The van der Waals surface area contributed by atoms with E-state index in [1.807, 2.05) is 0 Å². The van der Waals surface area contributed by atoms with Crippen molar-refractivity contribution in [1.82, 2.24) is 14.9 Å². The van der Waals surface area contributed by atoms with E-state index in [0.29, 0.717) is 10.6 Å². The van der Waals surface area contributed by atoms with Gasteiger partial charge in [-0.15, -0.1) is 5.10 Å². The van der Waals surface area contributed by atoms with Gasteiger partial charge < -0.3 is 10.4 Å². The number of rotatable bonds is 4. The summed E-state index contributed by atoms with van der Waals surface area (Å²) in [5.74, 6) is -0.376. The maximum Gasteiger partial charge on any atom is 0.320 e. The van der Waals surface area contributed by atoms with Crippen LogP contribution in [0.15, 0.2) is 30.5 Å². The van der Waals surface area contributed by atoms with Crippen LogP contribution in [-0.2, 0) is 0 Å². The number of benzene rings is 1. The van der Waals surface area contributed by atoms with Gasteiger partial charge in [-0.3, -0.25) is 5.32 Å². The molecule has 0 spiro atoms. The number of aliphatic hydroxyl groups excluding tert-OH is 1. The summed E-state index contributed by atoms with van der Waals surface area (Å²) in [5.41, 5.74) is 0.529. The van der Waals surface area contributed by atoms with E-state index in [2.05, 4.69) is 20.2 Å². The molecule has 2 amide bonds. The van der Waals surface area contributed by atoms with Crippen molar-refractivity contribution in [2.75, 3.05) is 11.9 Å². The monoisotopic (exact) mass is 282 g/mol. The molecule has 1 aromatic heterocycles. The van der Waals surface area contributed by atoms with Crippen LogP contribution in [0.1, 0.15) is 11.7 Å². The van der Waals surface area contributed by atoms with E-state index < -0.39 is 12.1 Å². The first-order valence-electron chi connectivity index (χ1n) is 5.41. The lowest BCUT2D eigenvalue weighted by Gasteiger charge is -2.12. The van der Waals surface area contributed by atoms with Gasteiger partial charge in [0.25, 0.3) is 0 Å². The Morgan fingerprint density at radius 3 is 2.79 bits per heavy atom. The molecular formula is C11H11FN4O2S. The van der Waals surface area contributed by atoms with Gasteiger partial charge in [-0.2, -0.15) is 0 Å². The van der Waals surface area contributed by atoms with Crippen molar-refractivity contribution in [3.05, 3.63) is 41.8 Å². The molecule has 3 N–H and O–H groups in total. The lowest BCUT2D eigenvalue weighted by molar-refractivity contribution is 0.175. The molecule has 0 aliphatic rings. The predicted octanol–water partition coefficient (Wildman–Crippen LogP) is 1.53. The molecule has 8 heteroatoms. The Labute approximate surface area is 112 Å². The van der Waals surface area contributed by atoms with Crippen molar-refractivity contribution < 1.29 is 14.3 Å².